The van der Waals surface area contributed by atoms with E-state index >= 15 is 0 Å². The molecule has 1 aromatic carbocycles. The SMILES string of the molecule is CC(C)c1cc(C(C)C)c(C(=O)CCCCCP=O)c(C(C)C)c1. The van der Waals surface area contributed by atoms with Crippen LogP contribution in [0.4, 0.5) is 0 Å². The van der Waals surface area contributed by atoms with Gasteiger partial charge in [-0.05, 0) is 47.3 Å². The van der Waals surface area contributed by atoms with Gasteiger partial charge in [0.25, 0.3) is 0 Å². The van der Waals surface area contributed by atoms with Gasteiger partial charge in [0.15, 0.2) is 14.2 Å². The van der Waals surface area contributed by atoms with Crippen LogP contribution in [-0.2, 0) is 4.57 Å². The minimum Gasteiger partial charge on any atom is -0.294 e. The molecule has 0 atom stereocenters. The van der Waals surface area contributed by atoms with Gasteiger partial charge >= 0.3 is 0 Å². The molecule has 0 heterocycles. The number of carbonyl (C=O) groups is 1. The molecule has 0 aliphatic heterocycles. The van der Waals surface area contributed by atoms with Crippen molar-refractivity contribution in [2.24, 2.45) is 0 Å². The Morgan fingerprint density at radius 1 is 0.875 bits per heavy atom. The van der Waals surface area contributed by atoms with E-state index in [1.54, 1.807) is 0 Å². The molecule has 0 aliphatic carbocycles. The highest BCUT2D eigenvalue weighted by molar-refractivity contribution is 7.23. The van der Waals surface area contributed by atoms with E-state index in [0.29, 0.717) is 30.3 Å². The molecule has 24 heavy (non-hydrogen) atoms. The number of unbranched alkanes of at least 4 members (excludes halogenated alkanes) is 2. The number of Topliss-reactive ketones (excluding diaryl/α,β-unsaturated/α-hetero) is 1. The van der Waals surface area contributed by atoms with Crippen molar-refractivity contribution in [3.63, 3.8) is 0 Å². The molecule has 0 bridgehead atoms. The molecule has 3 heteroatoms. The Balaban J connectivity index is 3.13. The fraction of sp³-hybridized carbons (Fsp3) is 0.667. The van der Waals surface area contributed by atoms with Crippen molar-refractivity contribution in [1.29, 1.82) is 0 Å². The van der Waals surface area contributed by atoms with Crippen LogP contribution in [0.25, 0.3) is 0 Å². The van der Waals surface area contributed by atoms with Gasteiger partial charge in [-0.1, -0.05) is 60.1 Å². The Kier molecular flexibility index (Phi) is 8.84. The molecule has 0 saturated heterocycles. The Bertz CT molecular complexity index is 530. The highest BCUT2D eigenvalue weighted by Crippen LogP contribution is 2.33. The average molecular weight is 348 g/mol. The molecular weight excluding hydrogens is 315 g/mol. The van der Waals surface area contributed by atoms with E-state index < -0.39 is 0 Å². The van der Waals surface area contributed by atoms with Crippen molar-refractivity contribution in [2.75, 3.05) is 6.16 Å². The first-order valence-electron chi connectivity index (χ1n) is 9.29. The maximum atomic E-state index is 12.9. The van der Waals surface area contributed by atoms with Crippen LogP contribution in [0, 0.1) is 0 Å². The van der Waals surface area contributed by atoms with Gasteiger partial charge in [-0.2, -0.15) is 0 Å². The van der Waals surface area contributed by atoms with E-state index in [0.717, 1.165) is 24.8 Å². The maximum absolute atomic E-state index is 12.9. The number of rotatable bonds is 10. The summed E-state index contributed by atoms with van der Waals surface area (Å²) in [7, 11) is 0.213. The summed E-state index contributed by atoms with van der Waals surface area (Å²) in [6.45, 7) is 13.1. The third-order valence-corrected chi connectivity index (χ3v) is 5.06. The molecule has 0 saturated carbocycles. The van der Waals surface area contributed by atoms with Gasteiger partial charge in [0, 0.05) is 18.1 Å². The molecular formula is C21H33O2P. The molecule has 2 nitrogen and oxygen atoms in total. The van der Waals surface area contributed by atoms with E-state index in [1.165, 1.54) is 16.7 Å². The normalized spacial score (nSPS) is 11.9. The van der Waals surface area contributed by atoms with Crippen LogP contribution in [0.3, 0.4) is 0 Å². The summed E-state index contributed by atoms with van der Waals surface area (Å²) < 4.78 is 10.5. The zero-order valence-corrected chi connectivity index (χ0v) is 17.1. The zero-order chi connectivity index (χ0) is 18.3. The van der Waals surface area contributed by atoms with E-state index in [9.17, 15) is 9.36 Å². The number of hydrogen-bond acceptors (Lipinski definition) is 2. The molecule has 1 rings (SSSR count). The van der Waals surface area contributed by atoms with Crippen molar-refractivity contribution >= 4 is 14.2 Å². The van der Waals surface area contributed by atoms with E-state index in [-0.39, 0.29) is 14.2 Å². The number of benzene rings is 1. The van der Waals surface area contributed by atoms with Crippen LogP contribution in [-0.4, -0.2) is 11.9 Å². The first-order chi connectivity index (χ1) is 11.3. The van der Waals surface area contributed by atoms with Gasteiger partial charge in [-0.15, -0.1) is 0 Å². The minimum absolute atomic E-state index is 0.213. The fourth-order valence-corrected chi connectivity index (χ4v) is 3.39. The molecule has 0 amide bonds. The van der Waals surface area contributed by atoms with Crippen molar-refractivity contribution in [3.8, 4) is 0 Å². The van der Waals surface area contributed by atoms with E-state index in [2.05, 4.69) is 53.7 Å². The number of hydrogen-bond donors (Lipinski definition) is 0. The van der Waals surface area contributed by atoms with Gasteiger partial charge in [0.05, 0.1) is 0 Å². The lowest BCUT2D eigenvalue weighted by Crippen LogP contribution is -2.12. The van der Waals surface area contributed by atoms with Crippen molar-refractivity contribution < 1.29 is 9.36 Å². The Morgan fingerprint density at radius 2 is 1.42 bits per heavy atom. The Morgan fingerprint density at radius 3 is 1.83 bits per heavy atom. The minimum atomic E-state index is 0.213. The highest BCUT2D eigenvalue weighted by atomic mass is 31.1. The van der Waals surface area contributed by atoms with Crippen molar-refractivity contribution in [2.45, 2.75) is 85.0 Å². The van der Waals surface area contributed by atoms with Crippen LogP contribution in [0.15, 0.2) is 12.1 Å². The topological polar surface area (TPSA) is 34.1 Å². The van der Waals surface area contributed by atoms with Crippen LogP contribution in [0.5, 0.6) is 0 Å². The average Bonchev–Trinajstić information content (AvgIpc) is 2.52. The lowest BCUT2D eigenvalue weighted by atomic mass is 9.82. The molecule has 0 aromatic heterocycles. The zero-order valence-electron chi connectivity index (χ0n) is 16.2. The first-order valence-corrected chi connectivity index (χ1v) is 10.3. The molecule has 0 spiro atoms. The smallest absolute Gasteiger partial charge is 0.163 e. The van der Waals surface area contributed by atoms with Crippen LogP contribution in [0.1, 0.15) is 112 Å². The summed E-state index contributed by atoms with van der Waals surface area (Å²) in [6.07, 6.45) is 4.08. The van der Waals surface area contributed by atoms with Gasteiger partial charge in [-0.3, -0.25) is 9.36 Å². The maximum Gasteiger partial charge on any atom is 0.163 e. The lowest BCUT2D eigenvalue weighted by molar-refractivity contribution is 0.0976. The first kappa shape index (κ1) is 21.0. The summed E-state index contributed by atoms with van der Waals surface area (Å²) in [5.74, 6) is 1.44. The van der Waals surface area contributed by atoms with Gasteiger partial charge in [-0.25, -0.2) is 0 Å². The summed E-state index contributed by atoms with van der Waals surface area (Å²) in [6, 6.07) is 4.48. The number of ketones is 1. The summed E-state index contributed by atoms with van der Waals surface area (Å²) in [5, 5.41) is 0. The predicted molar refractivity (Wildman–Crippen MR) is 104 cm³/mol. The standard InChI is InChI=1S/C21H33O2P/c1-14(2)17-12-18(15(3)4)21(19(13-17)16(5)6)20(22)10-8-7-9-11-24-23/h12-16H,7-11H2,1-6H3. The second kappa shape index (κ2) is 10.1. The summed E-state index contributed by atoms with van der Waals surface area (Å²) in [5.41, 5.74) is 4.70. The quantitative estimate of drug-likeness (QED) is 0.257. The largest absolute Gasteiger partial charge is 0.294 e. The monoisotopic (exact) mass is 348 g/mol. The van der Waals surface area contributed by atoms with E-state index in [1.807, 2.05) is 0 Å². The summed E-state index contributed by atoms with van der Waals surface area (Å²) in [4.78, 5) is 12.9. The molecule has 134 valence electrons. The fourth-order valence-electron chi connectivity index (χ4n) is 3.04. The van der Waals surface area contributed by atoms with Crippen molar-refractivity contribution in [1.82, 2.24) is 0 Å². The highest BCUT2D eigenvalue weighted by Gasteiger charge is 2.21. The van der Waals surface area contributed by atoms with Gasteiger partial charge in [0.1, 0.15) is 0 Å². The van der Waals surface area contributed by atoms with Gasteiger partial charge in [0.2, 0.25) is 0 Å². The van der Waals surface area contributed by atoms with Crippen LogP contribution >= 0.6 is 8.46 Å². The lowest BCUT2D eigenvalue weighted by Gasteiger charge is -2.22. The van der Waals surface area contributed by atoms with E-state index in [4.69, 9.17) is 0 Å². The number of carbonyl (C=O) groups excluding carboxylic acids is 1. The third-order valence-electron chi connectivity index (χ3n) is 4.56. The molecule has 1 aromatic rings. The van der Waals surface area contributed by atoms with Gasteiger partial charge < -0.3 is 0 Å². The third kappa shape index (κ3) is 5.81. The van der Waals surface area contributed by atoms with Crippen LogP contribution < -0.4 is 0 Å². The molecule has 0 unspecified atom stereocenters. The van der Waals surface area contributed by atoms with Crippen molar-refractivity contribution in [3.05, 3.63) is 34.4 Å². The predicted octanol–water partition coefficient (Wildman–Crippen LogP) is 7.09. The second-order valence-corrected chi connectivity index (χ2v) is 8.33. The summed E-state index contributed by atoms with van der Waals surface area (Å²) >= 11 is 0. The Hall–Kier alpha value is -1.01. The molecule has 0 radical (unpaired) electrons. The molecule has 0 aliphatic rings. The second-order valence-electron chi connectivity index (χ2n) is 7.63. The van der Waals surface area contributed by atoms with Crippen LogP contribution in [0.2, 0.25) is 0 Å². The molecule has 0 N–H and O–H groups in total. The molecule has 0 fully saturated rings. The Labute approximate surface area is 149 Å².